The molecule has 0 aliphatic carbocycles. The number of rotatable bonds is 0. The molecule has 0 aliphatic heterocycles. The molecule has 0 saturated heterocycles. The molecule has 0 fully saturated rings. The predicted molar refractivity (Wildman–Crippen MR) is 61.2 cm³/mol. The zero-order chi connectivity index (χ0) is 11.9. The van der Waals surface area contributed by atoms with E-state index in [1.54, 1.807) is 6.07 Å². The number of aromatic nitrogens is 2. The molecule has 2 rings (SSSR count). The molecule has 5 nitrogen and oxygen atoms in total. The molecular weight excluding hydrogens is 204 g/mol. The maximum Gasteiger partial charge on any atom is 0.270 e. The van der Waals surface area contributed by atoms with Gasteiger partial charge >= 0.3 is 0 Å². The largest absolute Gasteiger partial charge is 0.380 e. The van der Waals surface area contributed by atoms with Crippen molar-refractivity contribution in [3.05, 3.63) is 23.2 Å². The van der Waals surface area contributed by atoms with Crippen LogP contribution in [0.25, 0.3) is 15.8 Å². The highest BCUT2D eigenvalue weighted by atomic mass is 16.5. The lowest BCUT2D eigenvalue weighted by Crippen LogP contribution is -2.13. The minimum atomic E-state index is -0.217. The van der Waals surface area contributed by atoms with E-state index >= 15 is 0 Å². The second-order valence-corrected chi connectivity index (χ2v) is 4.64. The fourth-order valence-corrected chi connectivity index (χ4v) is 1.51. The Hall–Kier alpha value is -2.09. The van der Waals surface area contributed by atoms with Crippen LogP contribution in [0.15, 0.2) is 10.6 Å². The first-order chi connectivity index (χ1) is 7.43. The first-order valence-corrected chi connectivity index (χ1v) is 4.87. The van der Waals surface area contributed by atoms with Crippen LogP contribution in [0.3, 0.4) is 0 Å². The summed E-state index contributed by atoms with van der Waals surface area (Å²) in [7, 11) is 0. The smallest absolute Gasteiger partial charge is 0.270 e. The van der Waals surface area contributed by atoms with E-state index in [4.69, 9.17) is 16.8 Å². The Bertz CT molecular complexity index is 586. The molecule has 0 saturated carbocycles. The monoisotopic (exact) mass is 216 g/mol. The standard InChI is InChI=1S/C11H12N4O/c1-11(2,3)9-8-6(10(12)15-16-8)5-7(13-4)14-9/h5H,1-3H3,(H2,12,15). The lowest BCUT2D eigenvalue weighted by Gasteiger charge is -2.13. The zero-order valence-electron chi connectivity index (χ0n) is 9.40. The van der Waals surface area contributed by atoms with Crippen LogP contribution < -0.4 is 5.73 Å². The van der Waals surface area contributed by atoms with Crippen molar-refractivity contribution in [1.29, 1.82) is 0 Å². The van der Waals surface area contributed by atoms with Gasteiger partial charge in [0.25, 0.3) is 5.82 Å². The summed E-state index contributed by atoms with van der Waals surface area (Å²) in [6.45, 7) is 13.0. The molecule has 2 aromatic rings. The molecule has 5 heteroatoms. The molecule has 2 aromatic heterocycles. The summed E-state index contributed by atoms with van der Waals surface area (Å²) >= 11 is 0. The molecule has 0 unspecified atom stereocenters. The molecule has 0 spiro atoms. The summed E-state index contributed by atoms with van der Waals surface area (Å²) in [4.78, 5) is 7.59. The van der Waals surface area contributed by atoms with E-state index in [2.05, 4.69) is 15.0 Å². The Morgan fingerprint density at radius 2 is 2.12 bits per heavy atom. The van der Waals surface area contributed by atoms with Crippen LogP contribution in [0.2, 0.25) is 0 Å². The number of nitrogen functional groups attached to an aromatic ring is 1. The van der Waals surface area contributed by atoms with Crippen molar-refractivity contribution < 1.29 is 4.52 Å². The average Bonchev–Trinajstić information content (AvgIpc) is 2.58. The van der Waals surface area contributed by atoms with E-state index in [0.717, 1.165) is 0 Å². The number of anilines is 1. The Balaban J connectivity index is 2.87. The number of hydrogen-bond donors (Lipinski definition) is 1. The molecule has 0 atom stereocenters. The van der Waals surface area contributed by atoms with E-state index in [1.807, 2.05) is 20.8 Å². The maximum absolute atomic E-state index is 7.01. The third-order valence-electron chi connectivity index (χ3n) is 2.30. The lowest BCUT2D eigenvalue weighted by atomic mass is 9.90. The van der Waals surface area contributed by atoms with Crippen LogP contribution in [-0.2, 0) is 5.41 Å². The normalized spacial score (nSPS) is 11.6. The first-order valence-electron chi connectivity index (χ1n) is 4.87. The molecule has 0 aromatic carbocycles. The summed E-state index contributed by atoms with van der Waals surface area (Å²) in [6, 6.07) is 1.60. The summed E-state index contributed by atoms with van der Waals surface area (Å²) in [5, 5.41) is 4.36. The van der Waals surface area contributed by atoms with Gasteiger partial charge in [-0.25, -0.2) is 0 Å². The number of pyridine rings is 1. The highest BCUT2D eigenvalue weighted by molar-refractivity contribution is 5.90. The minimum absolute atomic E-state index is 0.217. The van der Waals surface area contributed by atoms with E-state index in [0.29, 0.717) is 28.3 Å². The van der Waals surface area contributed by atoms with Gasteiger partial charge in [0.05, 0.1) is 5.39 Å². The van der Waals surface area contributed by atoms with Crippen molar-refractivity contribution in [3.63, 3.8) is 0 Å². The van der Waals surface area contributed by atoms with Gasteiger partial charge in [0.1, 0.15) is 0 Å². The van der Waals surface area contributed by atoms with Crippen LogP contribution in [0.5, 0.6) is 0 Å². The number of nitrogens with zero attached hydrogens (tertiary/aromatic N) is 3. The van der Waals surface area contributed by atoms with E-state index in [9.17, 15) is 0 Å². The number of fused-ring (bicyclic) bond motifs is 1. The van der Waals surface area contributed by atoms with Crippen LogP contribution >= 0.6 is 0 Å². The van der Waals surface area contributed by atoms with Crippen LogP contribution in [-0.4, -0.2) is 10.1 Å². The second-order valence-electron chi connectivity index (χ2n) is 4.64. The van der Waals surface area contributed by atoms with Crippen molar-refractivity contribution in [2.75, 3.05) is 5.73 Å². The van der Waals surface area contributed by atoms with Gasteiger partial charge in [0, 0.05) is 5.41 Å². The number of nitrogens with two attached hydrogens (primary N) is 1. The lowest BCUT2D eigenvalue weighted by molar-refractivity contribution is 0.446. The molecule has 0 aliphatic rings. The minimum Gasteiger partial charge on any atom is -0.380 e. The van der Waals surface area contributed by atoms with Gasteiger partial charge in [0.2, 0.25) is 5.58 Å². The molecule has 0 bridgehead atoms. The Morgan fingerprint density at radius 1 is 1.44 bits per heavy atom. The van der Waals surface area contributed by atoms with Crippen LogP contribution in [0, 0.1) is 6.57 Å². The van der Waals surface area contributed by atoms with Crippen molar-refractivity contribution in [2.45, 2.75) is 26.2 Å². The quantitative estimate of drug-likeness (QED) is 0.687. The summed E-state index contributed by atoms with van der Waals surface area (Å²) in [6.07, 6.45) is 0. The second kappa shape index (κ2) is 3.20. The van der Waals surface area contributed by atoms with Crippen molar-refractivity contribution in [3.8, 4) is 0 Å². The van der Waals surface area contributed by atoms with Gasteiger partial charge < -0.3 is 15.1 Å². The average molecular weight is 216 g/mol. The number of hydrogen-bond acceptors (Lipinski definition) is 4. The van der Waals surface area contributed by atoms with Gasteiger partial charge in [-0.2, -0.15) is 0 Å². The topological polar surface area (TPSA) is 69.3 Å². The highest BCUT2D eigenvalue weighted by Crippen LogP contribution is 2.33. The molecule has 0 amide bonds. The highest BCUT2D eigenvalue weighted by Gasteiger charge is 2.27. The van der Waals surface area contributed by atoms with E-state index in [1.165, 1.54) is 0 Å². The molecule has 16 heavy (non-hydrogen) atoms. The Kier molecular flexibility index (Phi) is 2.09. The van der Waals surface area contributed by atoms with Crippen molar-refractivity contribution in [2.24, 2.45) is 0 Å². The molecule has 2 heterocycles. The fourth-order valence-electron chi connectivity index (χ4n) is 1.51. The SMILES string of the molecule is [C-]#[N+]c1cc2c(N)noc2c(C(C)(C)C)n1. The van der Waals surface area contributed by atoms with Gasteiger partial charge in [-0.05, 0) is 6.07 Å². The summed E-state index contributed by atoms with van der Waals surface area (Å²) in [5.41, 5.74) is 6.73. The molecular formula is C11H12N4O. The van der Waals surface area contributed by atoms with Crippen LogP contribution in [0.1, 0.15) is 26.5 Å². The molecule has 0 radical (unpaired) electrons. The van der Waals surface area contributed by atoms with Crippen molar-refractivity contribution in [1.82, 2.24) is 10.1 Å². The summed E-state index contributed by atoms with van der Waals surface area (Å²) in [5.74, 6) is 0.611. The third-order valence-corrected chi connectivity index (χ3v) is 2.30. The van der Waals surface area contributed by atoms with Gasteiger partial charge in [-0.15, -0.1) is 4.98 Å². The van der Waals surface area contributed by atoms with Gasteiger partial charge in [-0.1, -0.05) is 32.5 Å². The fraction of sp³-hybridized carbons (Fsp3) is 0.364. The molecule has 82 valence electrons. The Morgan fingerprint density at radius 3 is 2.69 bits per heavy atom. The maximum atomic E-state index is 7.01. The Labute approximate surface area is 93.1 Å². The van der Waals surface area contributed by atoms with Crippen molar-refractivity contribution >= 4 is 22.6 Å². The van der Waals surface area contributed by atoms with E-state index in [-0.39, 0.29) is 5.41 Å². The first kappa shape index (κ1) is 10.4. The molecule has 2 N–H and O–H groups in total. The van der Waals surface area contributed by atoms with Crippen LogP contribution in [0.4, 0.5) is 11.6 Å². The van der Waals surface area contributed by atoms with E-state index < -0.39 is 0 Å². The van der Waals surface area contributed by atoms with Gasteiger partial charge in [-0.3, -0.25) is 0 Å². The zero-order valence-corrected chi connectivity index (χ0v) is 9.40. The summed E-state index contributed by atoms with van der Waals surface area (Å²) < 4.78 is 5.17. The van der Waals surface area contributed by atoms with Gasteiger partial charge in [0.15, 0.2) is 11.5 Å². The third kappa shape index (κ3) is 1.48. The predicted octanol–water partition coefficient (Wildman–Crippen LogP) is 2.65.